The Hall–Kier alpha value is -2.97. The molecule has 3 aromatic carbocycles. The van der Waals surface area contributed by atoms with E-state index in [4.69, 9.17) is 12.1 Å². The Morgan fingerprint density at radius 1 is 0.914 bits per heavy atom. The van der Waals surface area contributed by atoms with E-state index >= 15 is 0 Å². The van der Waals surface area contributed by atoms with Crippen LogP contribution in [-0.4, -0.2) is 31.0 Å². The van der Waals surface area contributed by atoms with Gasteiger partial charge in [-0.1, -0.05) is 85.8 Å². The van der Waals surface area contributed by atoms with Gasteiger partial charge in [0, 0.05) is 20.0 Å². The van der Waals surface area contributed by atoms with Crippen LogP contribution >= 0.6 is 8.03 Å². The van der Waals surface area contributed by atoms with E-state index in [9.17, 15) is 4.79 Å². The van der Waals surface area contributed by atoms with Crippen molar-refractivity contribution in [3.63, 3.8) is 0 Å². The van der Waals surface area contributed by atoms with Crippen molar-refractivity contribution in [3.8, 4) is 11.1 Å². The molecule has 3 aromatic rings. The van der Waals surface area contributed by atoms with E-state index in [-0.39, 0.29) is 17.8 Å². The van der Waals surface area contributed by atoms with Crippen molar-refractivity contribution in [3.05, 3.63) is 108 Å². The van der Waals surface area contributed by atoms with Crippen molar-refractivity contribution in [2.24, 2.45) is 11.8 Å². The maximum Gasteiger partial charge on any atom is 0.311 e. The Morgan fingerprint density at radius 3 is 2.09 bits per heavy atom. The first kappa shape index (κ1) is 25.1. The maximum absolute atomic E-state index is 12.9. The zero-order valence-corrected chi connectivity index (χ0v) is 21.4. The molecule has 5 heteroatoms. The molecule has 1 heterocycles. The predicted octanol–water partition coefficient (Wildman–Crippen LogP) is 6.55. The first-order chi connectivity index (χ1) is 17.0. The van der Waals surface area contributed by atoms with Crippen LogP contribution in [0.1, 0.15) is 30.0 Å². The van der Waals surface area contributed by atoms with Crippen LogP contribution < -0.4 is 0 Å². The number of rotatable bonds is 10. The molecule has 0 aliphatic carbocycles. The van der Waals surface area contributed by atoms with Gasteiger partial charge in [0.05, 0.1) is 5.92 Å². The van der Waals surface area contributed by atoms with Crippen molar-refractivity contribution < 1.29 is 13.9 Å². The van der Waals surface area contributed by atoms with Gasteiger partial charge in [0.1, 0.15) is 6.21 Å². The lowest BCUT2D eigenvalue weighted by molar-refractivity contribution is -0.466. The van der Waals surface area contributed by atoms with Crippen LogP contribution in [-0.2, 0) is 28.7 Å². The first-order valence-corrected chi connectivity index (χ1v) is 13.9. The van der Waals surface area contributed by atoms with Crippen molar-refractivity contribution in [1.29, 1.82) is 0 Å². The smallest absolute Gasteiger partial charge is 0.311 e. The average Bonchev–Trinajstić information content (AvgIpc) is 3.37. The fourth-order valence-electron chi connectivity index (χ4n) is 4.53. The second kappa shape index (κ2) is 12.1. The molecule has 35 heavy (non-hydrogen) atoms. The van der Waals surface area contributed by atoms with Gasteiger partial charge in [0.2, 0.25) is 0 Å². The highest BCUT2D eigenvalue weighted by molar-refractivity contribution is 7.77. The van der Waals surface area contributed by atoms with Crippen molar-refractivity contribution in [2.75, 3.05) is 6.66 Å². The Kier molecular flexibility index (Phi) is 8.71. The number of carbonyl (C=O) groups excluding carboxylic acids is 1. The SMILES string of the molecule is [B]P(C)OC(=O)[C@@H](Cc1ccccc1)[C@@H](C)Cc1ccc(-c2ccc(C[N+]3=CCC=C3)cc2)cc1. The number of hydrogen-bond donors (Lipinski definition) is 0. The van der Waals surface area contributed by atoms with Crippen LogP contribution in [0.3, 0.4) is 0 Å². The summed E-state index contributed by atoms with van der Waals surface area (Å²) in [7, 11) is 4.59. The molecule has 0 saturated heterocycles. The van der Waals surface area contributed by atoms with Gasteiger partial charge in [-0.25, -0.2) is 4.58 Å². The van der Waals surface area contributed by atoms with E-state index in [0.717, 1.165) is 24.9 Å². The third kappa shape index (κ3) is 7.26. The van der Waals surface area contributed by atoms with E-state index in [1.54, 1.807) is 6.66 Å². The largest absolute Gasteiger partial charge is 0.457 e. The first-order valence-electron chi connectivity index (χ1n) is 12.2. The molecule has 176 valence electrons. The molecule has 0 bridgehead atoms. The minimum atomic E-state index is -1.23. The van der Waals surface area contributed by atoms with Gasteiger partial charge < -0.3 is 4.52 Å². The molecule has 0 aromatic heterocycles. The average molecular weight is 480 g/mol. The van der Waals surface area contributed by atoms with E-state index in [2.05, 4.69) is 90.7 Å². The highest BCUT2D eigenvalue weighted by Gasteiger charge is 2.27. The summed E-state index contributed by atoms with van der Waals surface area (Å²) in [4.78, 5) is 12.9. The second-order valence-electron chi connectivity index (χ2n) is 9.30. The Labute approximate surface area is 211 Å². The minimum absolute atomic E-state index is 0.124. The van der Waals surface area contributed by atoms with Crippen molar-refractivity contribution in [1.82, 2.24) is 0 Å². The Balaban J connectivity index is 1.41. The highest BCUT2D eigenvalue weighted by atomic mass is 31.1. The number of carbonyl (C=O) groups is 1. The quantitative estimate of drug-likeness (QED) is 0.187. The Bertz CT molecular complexity index is 1170. The summed E-state index contributed by atoms with van der Waals surface area (Å²) in [6.45, 7) is 4.79. The molecule has 0 fully saturated rings. The second-order valence-corrected chi connectivity index (χ2v) is 10.6. The van der Waals surface area contributed by atoms with Crippen LogP contribution in [0.5, 0.6) is 0 Å². The van der Waals surface area contributed by atoms with Gasteiger partial charge >= 0.3 is 5.97 Å². The molecule has 3 atom stereocenters. The summed E-state index contributed by atoms with van der Waals surface area (Å²) in [6.07, 6.45) is 8.98. The van der Waals surface area contributed by atoms with E-state index in [0.29, 0.717) is 6.42 Å². The molecule has 4 rings (SSSR count). The number of allylic oxidation sites excluding steroid dienone is 1. The van der Waals surface area contributed by atoms with Gasteiger partial charge in [-0.3, -0.25) is 4.79 Å². The lowest BCUT2D eigenvalue weighted by Gasteiger charge is -2.24. The Morgan fingerprint density at radius 2 is 1.51 bits per heavy atom. The fourth-order valence-corrected chi connectivity index (χ4v) is 4.95. The highest BCUT2D eigenvalue weighted by Crippen LogP contribution is 2.31. The molecule has 0 saturated carbocycles. The van der Waals surface area contributed by atoms with Crippen LogP contribution in [0.25, 0.3) is 11.1 Å². The molecule has 1 aliphatic heterocycles. The predicted molar refractivity (Wildman–Crippen MR) is 147 cm³/mol. The third-order valence-corrected chi connectivity index (χ3v) is 6.93. The zero-order valence-electron chi connectivity index (χ0n) is 20.5. The molecule has 2 radical (unpaired) electrons. The molecule has 1 unspecified atom stereocenters. The van der Waals surface area contributed by atoms with Gasteiger partial charge in [0.15, 0.2) is 20.3 Å². The monoisotopic (exact) mass is 480 g/mol. The van der Waals surface area contributed by atoms with Gasteiger partial charge in [-0.15, -0.1) is 0 Å². The van der Waals surface area contributed by atoms with Crippen LogP contribution in [0.15, 0.2) is 91.1 Å². The lowest BCUT2D eigenvalue weighted by atomic mass is 9.84. The topological polar surface area (TPSA) is 29.3 Å². The summed E-state index contributed by atoms with van der Waals surface area (Å²) in [5.74, 6) is -0.309. The lowest BCUT2D eigenvalue weighted by Crippen LogP contribution is -2.26. The number of benzene rings is 3. The summed E-state index contributed by atoms with van der Waals surface area (Å²) < 4.78 is 7.69. The zero-order chi connectivity index (χ0) is 24.6. The minimum Gasteiger partial charge on any atom is -0.457 e. The molecule has 0 N–H and O–H groups in total. The van der Waals surface area contributed by atoms with Crippen LogP contribution in [0.2, 0.25) is 0 Å². The molecule has 0 spiro atoms. The van der Waals surface area contributed by atoms with Gasteiger partial charge in [-0.05, 0) is 53.8 Å². The number of hydrogen-bond acceptors (Lipinski definition) is 2. The normalized spacial score (nSPS) is 15.3. The maximum atomic E-state index is 12.9. The van der Waals surface area contributed by atoms with E-state index < -0.39 is 8.03 Å². The fraction of sp³-hybridized carbons (Fsp3) is 0.267. The summed E-state index contributed by atoms with van der Waals surface area (Å²) >= 11 is 0. The standard InChI is InChI=1S/C30H32BNO2P/c1-23(29(30(33)34-35(2)31)21-24-8-4-3-5-9-24)20-25-10-14-27(15-11-25)28-16-12-26(13-17-28)22-32-18-6-7-19-32/h3-6,8-19,23,29H,7,20-22H2,1-2H3/q+1/t23-,29-,35?/m0/s1. The van der Waals surface area contributed by atoms with Gasteiger partial charge in [-0.2, -0.15) is 0 Å². The molecule has 0 amide bonds. The van der Waals surface area contributed by atoms with Crippen LogP contribution in [0.4, 0.5) is 0 Å². The molecule has 1 aliphatic rings. The van der Waals surface area contributed by atoms with Gasteiger partial charge in [0.25, 0.3) is 0 Å². The summed E-state index contributed by atoms with van der Waals surface area (Å²) in [5, 5.41) is 0. The summed E-state index contributed by atoms with van der Waals surface area (Å²) in [6, 6.07) is 27.6. The van der Waals surface area contributed by atoms with Crippen LogP contribution in [0, 0.1) is 11.8 Å². The summed E-state index contributed by atoms with van der Waals surface area (Å²) in [5.41, 5.74) is 6.05. The van der Waals surface area contributed by atoms with Crippen molar-refractivity contribution in [2.45, 2.75) is 32.7 Å². The van der Waals surface area contributed by atoms with E-state index in [1.165, 1.54) is 22.3 Å². The van der Waals surface area contributed by atoms with Crippen molar-refractivity contribution >= 4 is 27.8 Å². The molecule has 3 nitrogen and oxygen atoms in total. The van der Waals surface area contributed by atoms with E-state index in [1.807, 2.05) is 18.2 Å². The number of nitrogens with zero attached hydrogens (tertiary/aromatic N) is 1. The third-order valence-electron chi connectivity index (χ3n) is 6.46. The molecular weight excluding hydrogens is 448 g/mol. The molecular formula is C30H32BNO2P+.